The molecule has 0 unspecified atom stereocenters. The third-order valence-electron chi connectivity index (χ3n) is 4.34. The SMILES string of the molecule is N[C@@H]1CN(S(=O)(=O)Cc2c(Cl)cccc2Cl)C[C@H]1c1ccccc1. The van der Waals surface area contributed by atoms with E-state index in [9.17, 15) is 8.42 Å². The fourth-order valence-electron chi connectivity index (χ4n) is 3.02. The second-order valence-corrected chi connectivity index (χ2v) is 8.74. The van der Waals surface area contributed by atoms with Crippen molar-refractivity contribution < 1.29 is 8.42 Å². The normalized spacial score (nSPS) is 22.0. The molecule has 0 saturated carbocycles. The fraction of sp³-hybridized carbons (Fsp3) is 0.294. The van der Waals surface area contributed by atoms with Gasteiger partial charge in [0.05, 0.1) is 5.75 Å². The molecule has 0 amide bonds. The van der Waals surface area contributed by atoms with E-state index in [2.05, 4.69) is 0 Å². The third-order valence-corrected chi connectivity index (χ3v) is 6.79. The lowest BCUT2D eigenvalue weighted by Crippen LogP contribution is -2.33. The van der Waals surface area contributed by atoms with Gasteiger partial charge < -0.3 is 5.73 Å². The lowest BCUT2D eigenvalue weighted by Gasteiger charge is -2.17. The van der Waals surface area contributed by atoms with Gasteiger partial charge in [-0.25, -0.2) is 8.42 Å². The van der Waals surface area contributed by atoms with Crippen LogP contribution in [0.5, 0.6) is 0 Å². The number of nitrogens with zero attached hydrogens (tertiary/aromatic N) is 1. The molecule has 0 radical (unpaired) electrons. The molecule has 2 aromatic carbocycles. The van der Waals surface area contributed by atoms with Crippen LogP contribution in [0.3, 0.4) is 0 Å². The smallest absolute Gasteiger partial charge is 0.218 e. The first-order valence-corrected chi connectivity index (χ1v) is 9.96. The molecule has 24 heavy (non-hydrogen) atoms. The highest BCUT2D eigenvalue weighted by Crippen LogP contribution is 2.32. The van der Waals surface area contributed by atoms with Crippen molar-refractivity contribution in [1.29, 1.82) is 0 Å². The van der Waals surface area contributed by atoms with Crippen LogP contribution in [0.2, 0.25) is 10.0 Å². The topological polar surface area (TPSA) is 63.4 Å². The maximum atomic E-state index is 12.8. The van der Waals surface area contributed by atoms with Crippen LogP contribution in [0.25, 0.3) is 0 Å². The lowest BCUT2D eigenvalue weighted by molar-refractivity contribution is 0.469. The minimum Gasteiger partial charge on any atom is -0.326 e. The van der Waals surface area contributed by atoms with E-state index >= 15 is 0 Å². The molecule has 2 atom stereocenters. The van der Waals surface area contributed by atoms with Crippen LogP contribution in [0.15, 0.2) is 48.5 Å². The summed E-state index contributed by atoms with van der Waals surface area (Å²) < 4.78 is 27.0. The van der Waals surface area contributed by atoms with Gasteiger partial charge in [-0.3, -0.25) is 0 Å². The number of halogens is 2. The molecular formula is C17H18Cl2N2O2S. The zero-order chi connectivity index (χ0) is 17.3. The van der Waals surface area contributed by atoms with Crippen molar-refractivity contribution in [3.05, 3.63) is 69.7 Å². The Labute approximate surface area is 152 Å². The standard InChI is InChI=1S/C17H18Cl2N2O2S/c18-15-7-4-8-16(19)14(15)11-24(22,23)21-9-13(17(20)10-21)12-5-2-1-3-6-12/h1-8,13,17H,9-11,20H2/t13-,17+/m0/s1. The summed E-state index contributed by atoms with van der Waals surface area (Å²) in [4.78, 5) is 0. The first kappa shape index (κ1) is 17.7. The minimum absolute atomic E-state index is 0.0114. The molecule has 0 bridgehead atoms. The van der Waals surface area contributed by atoms with Crippen LogP contribution in [-0.2, 0) is 15.8 Å². The van der Waals surface area contributed by atoms with Crippen molar-refractivity contribution in [2.45, 2.75) is 17.7 Å². The van der Waals surface area contributed by atoms with Crippen LogP contribution in [0, 0.1) is 0 Å². The summed E-state index contributed by atoms with van der Waals surface area (Å²) in [5.74, 6) is -0.234. The molecule has 1 aliphatic heterocycles. The quantitative estimate of drug-likeness (QED) is 0.879. The number of benzene rings is 2. The van der Waals surface area contributed by atoms with E-state index in [-0.39, 0.29) is 17.7 Å². The molecule has 0 aromatic heterocycles. The van der Waals surface area contributed by atoms with Gasteiger partial charge in [-0.15, -0.1) is 0 Å². The van der Waals surface area contributed by atoms with Crippen LogP contribution >= 0.6 is 23.2 Å². The van der Waals surface area contributed by atoms with Crippen molar-refractivity contribution in [3.63, 3.8) is 0 Å². The summed E-state index contributed by atoms with van der Waals surface area (Å²) >= 11 is 12.2. The number of sulfonamides is 1. The highest BCUT2D eigenvalue weighted by molar-refractivity contribution is 7.88. The predicted octanol–water partition coefficient (Wildman–Crippen LogP) is 3.25. The van der Waals surface area contributed by atoms with Gasteiger partial charge in [0.1, 0.15) is 0 Å². The fourth-order valence-corrected chi connectivity index (χ4v) is 5.35. The van der Waals surface area contributed by atoms with E-state index in [0.29, 0.717) is 28.7 Å². The Bertz CT molecular complexity index is 807. The van der Waals surface area contributed by atoms with E-state index < -0.39 is 10.0 Å². The summed E-state index contributed by atoms with van der Waals surface area (Å²) in [7, 11) is -3.55. The van der Waals surface area contributed by atoms with Crippen molar-refractivity contribution in [2.75, 3.05) is 13.1 Å². The van der Waals surface area contributed by atoms with Crippen molar-refractivity contribution in [1.82, 2.24) is 4.31 Å². The van der Waals surface area contributed by atoms with Crippen molar-refractivity contribution in [3.8, 4) is 0 Å². The zero-order valence-electron chi connectivity index (χ0n) is 12.9. The van der Waals surface area contributed by atoms with Crippen LogP contribution in [-0.4, -0.2) is 31.9 Å². The Kier molecular flexibility index (Phi) is 5.18. The Morgan fingerprint density at radius 2 is 1.62 bits per heavy atom. The van der Waals surface area contributed by atoms with Gasteiger partial charge in [-0.05, 0) is 17.7 Å². The molecule has 0 aliphatic carbocycles. The average Bonchev–Trinajstić information content (AvgIpc) is 2.95. The molecule has 7 heteroatoms. The molecule has 2 aromatic rings. The molecular weight excluding hydrogens is 367 g/mol. The summed E-state index contributed by atoms with van der Waals surface area (Å²) in [6.45, 7) is 0.666. The molecule has 2 N–H and O–H groups in total. The van der Waals surface area contributed by atoms with Gasteiger partial charge in [0.15, 0.2) is 0 Å². The molecule has 4 nitrogen and oxygen atoms in total. The largest absolute Gasteiger partial charge is 0.326 e. The first-order valence-electron chi connectivity index (χ1n) is 7.60. The third kappa shape index (κ3) is 3.60. The molecule has 1 fully saturated rings. The Morgan fingerprint density at radius 3 is 2.25 bits per heavy atom. The van der Waals surface area contributed by atoms with E-state index in [1.54, 1.807) is 18.2 Å². The maximum absolute atomic E-state index is 12.8. The first-order chi connectivity index (χ1) is 11.4. The summed E-state index contributed by atoms with van der Waals surface area (Å²) in [5, 5.41) is 0.711. The molecule has 1 heterocycles. The van der Waals surface area contributed by atoms with E-state index in [1.807, 2.05) is 30.3 Å². The summed E-state index contributed by atoms with van der Waals surface area (Å²) in [6, 6.07) is 14.5. The average molecular weight is 385 g/mol. The molecule has 1 aliphatic rings. The van der Waals surface area contributed by atoms with Crippen LogP contribution in [0.4, 0.5) is 0 Å². The van der Waals surface area contributed by atoms with E-state index in [4.69, 9.17) is 28.9 Å². The van der Waals surface area contributed by atoms with Crippen LogP contribution in [0.1, 0.15) is 17.0 Å². The number of nitrogens with two attached hydrogens (primary N) is 1. The molecule has 0 spiro atoms. The van der Waals surface area contributed by atoms with Gasteiger partial charge in [0, 0.05) is 40.7 Å². The Hall–Kier alpha value is -1.11. The summed E-state index contributed by atoms with van der Waals surface area (Å²) in [5.41, 5.74) is 7.68. The lowest BCUT2D eigenvalue weighted by atomic mass is 9.95. The van der Waals surface area contributed by atoms with E-state index in [0.717, 1.165) is 5.56 Å². The van der Waals surface area contributed by atoms with Crippen LogP contribution < -0.4 is 5.73 Å². The number of hydrogen-bond donors (Lipinski definition) is 1. The van der Waals surface area contributed by atoms with Gasteiger partial charge in [0.25, 0.3) is 0 Å². The number of hydrogen-bond acceptors (Lipinski definition) is 3. The Balaban J connectivity index is 1.81. The van der Waals surface area contributed by atoms with E-state index in [1.165, 1.54) is 4.31 Å². The van der Waals surface area contributed by atoms with Gasteiger partial charge in [-0.1, -0.05) is 59.6 Å². The zero-order valence-corrected chi connectivity index (χ0v) is 15.2. The maximum Gasteiger partial charge on any atom is 0.218 e. The van der Waals surface area contributed by atoms with Crippen molar-refractivity contribution in [2.24, 2.45) is 5.73 Å². The molecule has 3 rings (SSSR count). The van der Waals surface area contributed by atoms with Gasteiger partial charge in [-0.2, -0.15) is 4.31 Å². The minimum atomic E-state index is -3.55. The Morgan fingerprint density at radius 1 is 1.00 bits per heavy atom. The second kappa shape index (κ2) is 7.02. The monoisotopic (exact) mass is 384 g/mol. The molecule has 1 saturated heterocycles. The predicted molar refractivity (Wildman–Crippen MR) is 97.8 cm³/mol. The second-order valence-electron chi connectivity index (χ2n) is 5.95. The van der Waals surface area contributed by atoms with Crippen molar-refractivity contribution >= 4 is 33.2 Å². The highest BCUT2D eigenvalue weighted by atomic mass is 35.5. The summed E-state index contributed by atoms with van der Waals surface area (Å²) in [6.07, 6.45) is 0. The molecule has 128 valence electrons. The van der Waals surface area contributed by atoms with Gasteiger partial charge in [0.2, 0.25) is 10.0 Å². The highest BCUT2D eigenvalue weighted by Gasteiger charge is 2.37. The van der Waals surface area contributed by atoms with Gasteiger partial charge >= 0.3 is 0 Å². The number of rotatable bonds is 4.